The largest absolute Gasteiger partial charge is 0.483 e. The number of amides is 2. The predicted molar refractivity (Wildman–Crippen MR) is 160 cm³/mol. The van der Waals surface area contributed by atoms with Crippen molar-refractivity contribution in [3.8, 4) is 0 Å². The lowest BCUT2D eigenvalue weighted by atomic mass is 9.71. The normalized spacial score (nSPS) is 16.3. The number of carboxylic acid groups (broad SMARTS) is 1. The van der Waals surface area contributed by atoms with Crippen molar-refractivity contribution in [2.45, 2.75) is 45.1 Å². The molecule has 0 radical (unpaired) electrons. The average molecular weight is 595 g/mol. The Labute approximate surface area is 248 Å². The van der Waals surface area contributed by atoms with Crippen LogP contribution in [0.4, 0.5) is 11.6 Å². The van der Waals surface area contributed by atoms with Crippen LogP contribution in [0.15, 0.2) is 35.3 Å². The Balaban J connectivity index is 0.00000135. The summed E-state index contributed by atoms with van der Waals surface area (Å²) in [5.74, 6) is 5.88. The summed E-state index contributed by atoms with van der Waals surface area (Å²) < 4.78 is 0. The van der Waals surface area contributed by atoms with E-state index in [1.807, 2.05) is 9.91 Å². The summed E-state index contributed by atoms with van der Waals surface area (Å²) in [5, 5.41) is 14.9. The fraction of sp³-hybridized carbons (Fsp3) is 0.464. The number of carbonyl (C=O) groups excluding carboxylic acids is 2. The Morgan fingerprint density at radius 1 is 1.07 bits per heavy atom. The molecule has 5 rings (SSSR count). The maximum atomic E-state index is 12.7. The van der Waals surface area contributed by atoms with E-state index in [0.717, 1.165) is 57.5 Å². The third-order valence-electron chi connectivity index (χ3n) is 8.00. The molecular formula is C28H38N10O5. The Morgan fingerprint density at radius 3 is 2.40 bits per heavy atom. The number of nitrogens with one attached hydrogen (secondary N) is 3. The van der Waals surface area contributed by atoms with Gasteiger partial charge in [-0.3, -0.25) is 30.0 Å². The van der Waals surface area contributed by atoms with Crippen LogP contribution < -0.4 is 27.8 Å². The lowest BCUT2D eigenvalue weighted by molar-refractivity contribution is -0.134. The molecule has 0 unspecified atom stereocenters. The predicted octanol–water partition coefficient (Wildman–Crippen LogP) is 0.697. The summed E-state index contributed by atoms with van der Waals surface area (Å²) >= 11 is 0. The molecule has 2 fully saturated rings. The van der Waals surface area contributed by atoms with E-state index < -0.39 is 5.56 Å². The van der Waals surface area contributed by atoms with Crippen molar-refractivity contribution in [1.29, 1.82) is 0 Å². The zero-order valence-corrected chi connectivity index (χ0v) is 23.9. The van der Waals surface area contributed by atoms with Gasteiger partial charge < -0.3 is 26.4 Å². The van der Waals surface area contributed by atoms with Crippen LogP contribution >= 0.6 is 0 Å². The van der Waals surface area contributed by atoms with Crippen LogP contribution in [0.1, 0.15) is 54.6 Å². The van der Waals surface area contributed by atoms with Gasteiger partial charge in [-0.15, -0.1) is 0 Å². The highest BCUT2D eigenvalue weighted by Crippen LogP contribution is 2.40. The number of hydrogen-bond donors (Lipinski definition) is 6. The molecule has 2 amide bonds. The second-order valence-electron chi connectivity index (χ2n) is 10.8. The number of nitrogens with two attached hydrogens (primary N) is 2. The van der Waals surface area contributed by atoms with Gasteiger partial charge in [0, 0.05) is 50.4 Å². The average Bonchev–Trinajstić information content (AvgIpc) is 3.01. The summed E-state index contributed by atoms with van der Waals surface area (Å²) in [5.41, 5.74) is 7.62. The zero-order valence-electron chi connectivity index (χ0n) is 23.9. The topological polar surface area (TPSA) is 226 Å². The van der Waals surface area contributed by atoms with E-state index in [9.17, 15) is 14.4 Å². The third kappa shape index (κ3) is 8.45. The molecule has 0 atom stereocenters. The molecule has 2 aromatic heterocycles. The van der Waals surface area contributed by atoms with Gasteiger partial charge in [-0.05, 0) is 61.8 Å². The monoisotopic (exact) mass is 594 g/mol. The van der Waals surface area contributed by atoms with E-state index in [2.05, 4.69) is 30.6 Å². The molecule has 4 heterocycles. The number of nitrogen functional groups attached to an aromatic ring is 1. The first-order valence-corrected chi connectivity index (χ1v) is 14.2. The second-order valence-corrected chi connectivity index (χ2v) is 10.8. The summed E-state index contributed by atoms with van der Waals surface area (Å²) in [6.07, 6.45) is 6.90. The van der Waals surface area contributed by atoms with E-state index in [1.165, 1.54) is 6.20 Å². The Bertz CT molecular complexity index is 1460. The van der Waals surface area contributed by atoms with E-state index in [0.29, 0.717) is 42.6 Å². The minimum absolute atomic E-state index is 0.00898. The van der Waals surface area contributed by atoms with Crippen LogP contribution in [0.3, 0.4) is 0 Å². The lowest BCUT2D eigenvalue weighted by Gasteiger charge is -2.46. The number of likely N-dealkylation sites (tertiary alicyclic amines) is 1. The Hall–Kier alpha value is -4.63. The molecule has 3 aromatic rings. The molecule has 230 valence electrons. The summed E-state index contributed by atoms with van der Waals surface area (Å²) in [7, 11) is 0. The number of aromatic amines is 1. The van der Waals surface area contributed by atoms with E-state index in [-0.39, 0.29) is 35.4 Å². The number of H-pyrrole nitrogens is 1. The summed E-state index contributed by atoms with van der Waals surface area (Å²) in [6.45, 7) is 4.02. The van der Waals surface area contributed by atoms with E-state index >= 15 is 0 Å². The van der Waals surface area contributed by atoms with E-state index in [1.54, 1.807) is 24.3 Å². The highest BCUT2D eigenvalue weighted by Gasteiger charge is 2.37. The maximum absolute atomic E-state index is 12.7. The number of aromatic nitrogens is 4. The molecule has 0 saturated carbocycles. The van der Waals surface area contributed by atoms with Crippen LogP contribution in [0, 0.1) is 5.41 Å². The lowest BCUT2D eigenvalue weighted by Crippen LogP contribution is -2.49. The van der Waals surface area contributed by atoms with Crippen molar-refractivity contribution in [2.75, 3.05) is 43.8 Å². The molecule has 0 aliphatic carbocycles. The molecule has 2 aliphatic heterocycles. The Morgan fingerprint density at radius 2 is 1.72 bits per heavy atom. The van der Waals surface area contributed by atoms with Gasteiger partial charge >= 0.3 is 0 Å². The van der Waals surface area contributed by atoms with Gasteiger partial charge in [0.25, 0.3) is 17.9 Å². The van der Waals surface area contributed by atoms with Crippen molar-refractivity contribution in [1.82, 2.24) is 35.2 Å². The number of carbonyl (C=O) groups is 3. The van der Waals surface area contributed by atoms with Gasteiger partial charge in [0.1, 0.15) is 0 Å². The number of hydrazine groups is 1. The first kappa shape index (κ1) is 31.3. The molecule has 2 saturated heterocycles. The molecule has 0 bridgehead atoms. The van der Waals surface area contributed by atoms with Gasteiger partial charge in [0.05, 0.1) is 18.4 Å². The highest BCUT2D eigenvalue weighted by molar-refractivity contribution is 5.94. The van der Waals surface area contributed by atoms with Gasteiger partial charge in [-0.1, -0.05) is 0 Å². The zero-order chi connectivity index (χ0) is 30.8. The van der Waals surface area contributed by atoms with Crippen molar-refractivity contribution < 1.29 is 19.5 Å². The number of anilines is 2. The third-order valence-corrected chi connectivity index (χ3v) is 8.00. The van der Waals surface area contributed by atoms with Crippen LogP contribution in [0.25, 0.3) is 11.2 Å². The maximum Gasteiger partial charge on any atom is 0.290 e. The van der Waals surface area contributed by atoms with Gasteiger partial charge in [0.15, 0.2) is 11.2 Å². The molecule has 1 spiro atoms. The van der Waals surface area contributed by atoms with Crippen molar-refractivity contribution in [3.05, 3.63) is 52.1 Å². The van der Waals surface area contributed by atoms with Crippen LogP contribution in [0.5, 0.6) is 0 Å². The molecule has 15 nitrogen and oxygen atoms in total. The first-order valence-electron chi connectivity index (χ1n) is 14.2. The van der Waals surface area contributed by atoms with Gasteiger partial charge in [-0.25, -0.2) is 15.0 Å². The van der Waals surface area contributed by atoms with Gasteiger partial charge in [0.2, 0.25) is 11.9 Å². The molecule has 2 aliphatic rings. The molecular weight excluding hydrogens is 556 g/mol. The number of nitrogens with zero attached hydrogens (tertiary/aromatic N) is 5. The standard InChI is InChI=1S/C27H36N10O3.CH2O2/c28-26-34-23-22(25(40)35-26)33-20(17-32-23)16-31-19-5-3-18(4-6-19)24(39)30-11-1-2-21(38)36-12-7-27(8-13-36)9-14-37(29)15-10-27;2-1-3/h3-6,17,31H,1-2,7-16,29H2,(H,30,39)(H3,28,32,34,35,40);1H,(H,2,3). The fourth-order valence-electron chi connectivity index (χ4n) is 5.42. The fourth-order valence-corrected chi connectivity index (χ4v) is 5.42. The molecule has 43 heavy (non-hydrogen) atoms. The van der Waals surface area contributed by atoms with Crippen molar-refractivity contribution >= 4 is 41.1 Å². The first-order chi connectivity index (χ1) is 20.7. The van der Waals surface area contributed by atoms with Crippen molar-refractivity contribution in [3.63, 3.8) is 0 Å². The number of rotatable bonds is 8. The van der Waals surface area contributed by atoms with Crippen LogP contribution in [0.2, 0.25) is 0 Å². The Kier molecular flexibility index (Phi) is 10.6. The number of hydrogen-bond acceptors (Lipinski definition) is 11. The summed E-state index contributed by atoms with van der Waals surface area (Å²) in [4.78, 5) is 62.4. The smallest absolute Gasteiger partial charge is 0.290 e. The molecule has 8 N–H and O–H groups in total. The quantitative estimate of drug-likeness (QED) is 0.120. The van der Waals surface area contributed by atoms with Gasteiger partial charge in [-0.2, -0.15) is 4.98 Å². The van der Waals surface area contributed by atoms with Crippen LogP contribution in [-0.2, 0) is 16.1 Å². The molecule has 15 heteroatoms. The van der Waals surface area contributed by atoms with Crippen LogP contribution in [-0.4, -0.2) is 86.0 Å². The summed E-state index contributed by atoms with van der Waals surface area (Å²) in [6, 6.07) is 7.04. The SMILES string of the molecule is Nc1nc2ncc(CNc3ccc(C(=O)NCCCC(=O)N4CCC5(CCN(N)CC5)CC4)cc3)nc2c(=O)[nH]1.O=CO. The number of benzene rings is 1. The number of fused-ring (bicyclic) bond motifs is 1. The minimum Gasteiger partial charge on any atom is -0.483 e. The minimum atomic E-state index is -0.444. The highest BCUT2D eigenvalue weighted by atomic mass is 16.3. The second kappa shape index (κ2) is 14.5. The van der Waals surface area contributed by atoms with E-state index in [4.69, 9.17) is 21.5 Å². The van der Waals surface area contributed by atoms with Crippen molar-refractivity contribution in [2.24, 2.45) is 11.3 Å². The number of piperidine rings is 2. The molecule has 1 aromatic carbocycles.